The number of fused-ring (bicyclic) bond motifs is 1. The van der Waals surface area contributed by atoms with Crippen LogP contribution in [0.3, 0.4) is 0 Å². The lowest BCUT2D eigenvalue weighted by molar-refractivity contribution is -0.131. The van der Waals surface area contributed by atoms with E-state index in [2.05, 4.69) is 4.98 Å². The topological polar surface area (TPSA) is 54.6 Å². The van der Waals surface area contributed by atoms with E-state index in [1.807, 2.05) is 16.0 Å². The minimum Gasteiger partial charge on any atom is -0.478 e. The van der Waals surface area contributed by atoms with Crippen molar-refractivity contribution >= 4 is 28.3 Å². The Balaban J connectivity index is 2.43. The van der Waals surface area contributed by atoms with Crippen LogP contribution in [0.25, 0.3) is 11.0 Å². The average Bonchev–Trinajstić information content (AvgIpc) is 2.60. The Labute approximate surface area is 77.8 Å². The molecule has 2 heterocycles. The highest BCUT2D eigenvalue weighted by atomic mass is 32.1. The molecular weight excluding hydrogens is 188 g/mol. The van der Waals surface area contributed by atoms with E-state index in [1.165, 1.54) is 17.4 Å². The summed E-state index contributed by atoms with van der Waals surface area (Å²) >= 11 is 1.51. The number of rotatable bonds is 2. The van der Waals surface area contributed by atoms with Crippen molar-refractivity contribution in [2.24, 2.45) is 0 Å². The lowest BCUT2D eigenvalue weighted by atomic mass is 10.4. The predicted molar refractivity (Wildman–Crippen MR) is 49.7 cm³/mol. The number of aliphatic carboxylic acids is 1. The molecule has 2 aromatic heterocycles. The van der Waals surface area contributed by atoms with Crippen LogP contribution < -0.4 is 0 Å². The fourth-order valence-electron chi connectivity index (χ4n) is 1.03. The molecule has 0 saturated carbocycles. The van der Waals surface area contributed by atoms with Crippen molar-refractivity contribution in [3.05, 3.63) is 29.5 Å². The maximum absolute atomic E-state index is 10.3. The normalized spacial score (nSPS) is 11.4. The van der Waals surface area contributed by atoms with Crippen molar-refractivity contribution < 1.29 is 9.90 Å². The Bertz CT molecular complexity index is 469. The molecule has 0 saturated heterocycles. The second kappa shape index (κ2) is 3.02. The molecule has 0 amide bonds. The largest absolute Gasteiger partial charge is 0.478 e. The van der Waals surface area contributed by atoms with Crippen LogP contribution in [0.4, 0.5) is 0 Å². The average molecular weight is 194 g/mol. The number of carboxylic acids is 1. The first kappa shape index (κ1) is 8.00. The second-order valence-electron chi connectivity index (χ2n) is 2.41. The van der Waals surface area contributed by atoms with E-state index in [1.54, 1.807) is 6.20 Å². The number of aromatic nitrogens is 2. The van der Waals surface area contributed by atoms with Crippen LogP contribution in [0.15, 0.2) is 23.8 Å². The molecule has 2 aromatic rings. The number of nitrogens with zero attached hydrogens (tertiary/aromatic N) is 2. The molecule has 4 nitrogen and oxygen atoms in total. The van der Waals surface area contributed by atoms with E-state index < -0.39 is 5.97 Å². The third-order valence-electron chi connectivity index (χ3n) is 1.57. The summed E-state index contributed by atoms with van der Waals surface area (Å²) in [4.78, 5) is 15.2. The molecule has 0 spiro atoms. The number of carboxylic acid groups (broad SMARTS) is 1. The third kappa shape index (κ3) is 1.46. The molecule has 2 rings (SSSR count). The zero-order chi connectivity index (χ0) is 9.26. The van der Waals surface area contributed by atoms with Crippen LogP contribution in [0, 0.1) is 0 Å². The highest BCUT2D eigenvalue weighted by Gasteiger charge is 2.00. The van der Waals surface area contributed by atoms with Crippen LogP contribution in [0.1, 0.15) is 5.69 Å². The maximum Gasteiger partial charge on any atom is 0.328 e. The van der Waals surface area contributed by atoms with Gasteiger partial charge in [-0.15, -0.1) is 11.3 Å². The van der Waals surface area contributed by atoms with Crippen molar-refractivity contribution in [1.82, 2.24) is 9.38 Å². The van der Waals surface area contributed by atoms with Gasteiger partial charge in [-0.2, -0.15) is 0 Å². The van der Waals surface area contributed by atoms with Gasteiger partial charge in [0, 0.05) is 17.7 Å². The number of hydrogen-bond acceptors (Lipinski definition) is 3. The molecule has 0 radical (unpaired) electrons. The number of hydrogen-bond donors (Lipinski definition) is 1. The molecule has 0 aromatic carbocycles. The quantitative estimate of drug-likeness (QED) is 0.737. The van der Waals surface area contributed by atoms with Gasteiger partial charge in [-0.05, 0) is 6.08 Å². The van der Waals surface area contributed by atoms with Crippen LogP contribution in [-0.2, 0) is 4.79 Å². The number of thiazole rings is 1. The van der Waals surface area contributed by atoms with Gasteiger partial charge >= 0.3 is 5.97 Å². The molecule has 1 N–H and O–H groups in total. The molecule has 0 aliphatic rings. The molecule has 0 bridgehead atoms. The van der Waals surface area contributed by atoms with Gasteiger partial charge in [0.2, 0.25) is 0 Å². The van der Waals surface area contributed by atoms with Crippen LogP contribution >= 0.6 is 11.3 Å². The monoisotopic (exact) mass is 194 g/mol. The molecule has 0 fully saturated rings. The summed E-state index contributed by atoms with van der Waals surface area (Å²) in [5, 5.41) is 10.3. The number of imidazole rings is 1. The molecule has 66 valence electrons. The summed E-state index contributed by atoms with van der Waals surface area (Å²) < 4.78 is 1.84. The van der Waals surface area contributed by atoms with E-state index in [4.69, 9.17) is 5.11 Å². The summed E-state index contributed by atoms with van der Waals surface area (Å²) in [5.74, 6) is -0.954. The summed E-state index contributed by atoms with van der Waals surface area (Å²) in [7, 11) is 0. The van der Waals surface area contributed by atoms with Crippen molar-refractivity contribution in [3.63, 3.8) is 0 Å². The lowest BCUT2D eigenvalue weighted by Gasteiger charge is -1.86. The first-order chi connectivity index (χ1) is 6.27. The molecule has 5 heteroatoms. The summed E-state index contributed by atoms with van der Waals surface area (Å²) in [5.41, 5.74) is 0.777. The van der Waals surface area contributed by atoms with Crippen molar-refractivity contribution in [1.29, 1.82) is 0 Å². The van der Waals surface area contributed by atoms with Crippen LogP contribution in [-0.4, -0.2) is 20.5 Å². The zero-order valence-electron chi connectivity index (χ0n) is 6.54. The van der Waals surface area contributed by atoms with Gasteiger partial charge in [-0.1, -0.05) is 0 Å². The van der Waals surface area contributed by atoms with E-state index in [-0.39, 0.29) is 0 Å². The van der Waals surface area contributed by atoms with Gasteiger partial charge in [-0.3, -0.25) is 4.40 Å². The Hall–Kier alpha value is -1.62. The molecule has 0 unspecified atom stereocenters. The van der Waals surface area contributed by atoms with Gasteiger partial charge in [0.25, 0.3) is 0 Å². The summed E-state index contributed by atoms with van der Waals surface area (Å²) in [6.07, 6.45) is 6.12. The molecule has 0 atom stereocenters. The highest BCUT2D eigenvalue weighted by Crippen LogP contribution is 2.13. The minimum atomic E-state index is -0.954. The van der Waals surface area contributed by atoms with Crippen molar-refractivity contribution in [3.8, 4) is 0 Å². The standard InChI is InChI=1S/C8H6N2O2S/c11-7(12)2-1-6-5-9-8-10(6)3-4-13-8/h1-5H,(H,11,12)/b2-1+. The Morgan fingerprint density at radius 3 is 3.31 bits per heavy atom. The summed E-state index contributed by atoms with van der Waals surface area (Å²) in [6.45, 7) is 0. The first-order valence-corrected chi connectivity index (χ1v) is 4.47. The van der Waals surface area contributed by atoms with Gasteiger partial charge in [-0.25, -0.2) is 9.78 Å². The third-order valence-corrected chi connectivity index (χ3v) is 2.34. The van der Waals surface area contributed by atoms with Gasteiger partial charge < -0.3 is 5.11 Å². The SMILES string of the molecule is O=C(O)/C=C/c1cnc2sccn12. The first-order valence-electron chi connectivity index (χ1n) is 3.59. The number of carbonyl (C=O) groups is 1. The molecule has 0 aliphatic carbocycles. The Morgan fingerprint density at radius 1 is 1.69 bits per heavy atom. The Morgan fingerprint density at radius 2 is 2.54 bits per heavy atom. The maximum atomic E-state index is 10.3. The fourth-order valence-corrected chi connectivity index (χ4v) is 1.72. The lowest BCUT2D eigenvalue weighted by Crippen LogP contribution is -1.87. The van der Waals surface area contributed by atoms with E-state index >= 15 is 0 Å². The van der Waals surface area contributed by atoms with Crippen molar-refractivity contribution in [2.45, 2.75) is 0 Å². The second-order valence-corrected chi connectivity index (χ2v) is 3.28. The molecule has 13 heavy (non-hydrogen) atoms. The van der Waals surface area contributed by atoms with Crippen LogP contribution in [0.2, 0.25) is 0 Å². The Kier molecular flexibility index (Phi) is 1.86. The van der Waals surface area contributed by atoms with E-state index in [0.29, 0.717) is 0 Å². The summed E-state index contributed by atoms with van der Waals surface area (Å²) in [6, 6.07) is 0. The zero-order valence-corrected chi connectivity index (χ0v) is 7.36. The fraction of sp³-hybridized carbons (Fsp3) is 0. The highest BCUT2D eigenvalue weighted by molar-refractivity contribution is 7.15. The van der Waals surface area contributed by atoms with Crippen LogP contribution in [0.5, 0.6) is 0 Å². The molecular formula is C8H6N2O2S. The molecule has 0 aliphatic heterocycles. The van der Waals surface area contributed by atoms with Gasteiger partial charge in [0.1, 0.15) is 0 Å². The minimum absolute atomic E-state index is 0.777. The predicted octanol–water partition coefficient (Wildman–Crippen LogP) is 1.49. The van der Waals surface area contributed by atoms with Gasteiger partial charge in [0.05, 0.1) is 11.9 Å². The smallest absolute Gasteiger partial charge is 0.328 e. The van der Waals surface area contributed by atoms with E-state index in [9.17, 15) is 4.79 Å². The van der Waals surface area contributed by atoms with Crippen molar-refractivity contribution in [2.75, 3.05) is 0 Å². The van der Waals surface area contributed by atoms with Gasteiger partial charge in [0.15, 0.2) is 4.96 Å². The van der Waals surface area contributed by atoms with E-state index in [0.717, 1.165) is 16.7 Å².